The molecule has 7 heteroatoms. The zero-order valence-electron chi connectivity index (χ0n) is 12.6. The van der Waals surface area contributed by atoms with Gasteiger partial charge in [0.1, 0.15) is 11.4 Å². The molecule has 0 aromatic carbocycles. The predicted molar refractivity (Wildman–Crippen MR) is 88.8 cm³/mol. The summed E-state index contributed by atoms with van der Waals surface area (Å²) >= 11 is 1.41. The number of thiazole rings is 1. The summed E-state index contributed by atoms with van der Waals surface area (Å²) in [6.07, 6.45) is 3.38. The number of methoxy groups -OCH3 is 1. The lowest BCUT2D eigenvalue weighted by Crippen LogP contribution is -2.14. The summed E-state index contributed by atoms with van der Waals surface area (Å²) in [5, 5.41) is 3.28. The van der Waals surface area contributed by atoms with E-state index < -0.39 is 0 Å². The second-order valence-electron chi connectivity index (χ2n) is 4.72. The SMILES string of the molecule is COc1cc(C(=O)Nc2ncc(C)s2)nc(-c2ccccn2)c1. The second kappa shape index (κ2) is 6.53. The minimum atomic E-state index is -0.338. The first kappa shape index (κ1) is 15.1. The third kappa shape index (κ3) is 3.51. The first-order valence-electron chi connectivity index (χ1n) is 6.87. The lowest BCUT2D eigenvalue weighted by atomic mass is 10.2. The van der Waals surface area contributed by atoms with Gasteiger partial charge in [-0.3, -0.25) is 15.1 Å². The third-order valence-electron chi connectivity index (χ3n) is 3.04. The molecule has 23 heavy (non-hydrogen) atoms. The zero-order chi connectivity index (χ0) is 16.2. The molecule has 0 aliphatic heterocycles. The van der Waals surface area contributed by atoms with Crippen LogP contribution in [0.5, 0.6) is 5.75 Å². The van der Waals surface area contributed by atoms with Crippen molar-refractivity contribution in [2.45, 2.75) is 6.92 Å². The average molecular weight is 326 g/mol. The Morgan fingerprint density at radius 3 is 2.74 bits per heavy atom. The molecular formula is C16H14N4O2S. The highest BCUT2D eigenvalue weighted by atomic mass is 32.1. The van der Waals surface area contributed by atoms with E-state index in [1.165, 1.54) is 11.3 Å². The van der Waals surface area contributed by atoms with Gasteiger partial charge in [0.05, 0.1) is 18.5 Å². The van der Waals surface area contributed by atoms with Gasteiger partial charge in [0.15, 0.2) is 5.13 Å². The summed E-state index contributed by atoms with van der Waals surface area (Å²) in [6, 6.07) is 8.84. The van der Waals surface area contributed by atoms with Crippen molar-refractivity contribution in [2.24, 2.45) is 0 Å². The van der Waals surface area contributed by atoms with E-state index in [4.69, 9.17) is 4.74 Å². The van der Waals surface area contributed by atoms with E-state index >= 15 is 0 Å². The molecule has 0 atom stereocenters. The van der Waals surface area contributed by atoms with Crippen LogP contribution < -0.4 is 10.1 Å². The van der Waals surface area contributed by atoms with Gasteiger partial charge in [-0.1, -0.05) is 6.07 Å². The van der Waals surface area contributed by atoms with Crippen molar-refractivity contribution in [1.29, 1.82) is 0 Å². The van der Waals surface area contributed by atoms with Crippen molar-refractivity contribution in [3.63, 3.8) is 0 Å². The van der Waals surface area contributed by atoms with E-state index in [1.54, 1.807) is 31.6 Å². The van der Waals surface area contributed by atoms with Crippen LogP contribution in [0.4, 0.5) is 5.13 Å². The number of carbonyl (C=O) groups excluding carboxylic acids is 1. The number of pyridine rings is 2. The van der Waals surface area contributed by atoms with Crippen LogP contribution in [0.25, 0.3) is 11.4 Å². The first-order chi connectivity index (χ1) is 11.2. The normalized spacial score (nSPS) is 10.3. The largest absolute Gasteiger partial charge is 0.497 e. The molecule has 3 aromatic heterocycles. The van der Waals surface area contributed by atoms with Gasteiger partial charge in [-0.15, -0.1) is 11.3 Å². The van der Waals surface area contributed by atoms with Gasteiger partial charge >= 0.3 is 0 Å². The van der Waals surface area contributed by atoms with Crippen molar-refractivity contribution >= 4 is 22.4 Å². The van der Waals surface area contributed by atoms with Gasteiger partial charge in [-0.05, 0) is 19.1 Å². The van der Waals surface area contributed by atoms with Crippen molar-refractivity contribution in [1.82, 2.24) is 15.0 Å². The first-order valence-corrected chi connectivity index (χ1v) is 7.68. The van der Waals surface area contributed by atoms with Gasteiger partial charge in [0, 0.05) is 29.4 Å². The number of rotatable bonds is 4. The average Bonchev–Trinajstić information content (AvgIpc) is 3.00. The molecule has 1 amide bonds. The van der Waals surface area contributed by atoms with Crippen LogP contribution in [-0.2, 0) is 0 Å². The minimum Gasteiger partial charge on any atom is -0.497 e. The number of hydrogen-bond acceptors (Lipinski definition) is 6. The predicted octanol–water partition coefficient (Wildman–Crippen LogP) is 3.17. The van der Waals surface area contributed by atoms with Crippen LogP contribution >= 0.6 is 11.3 Å². The molecule has 1 N–H and O–H groups in total. The third-order valence-corrected chi connectivity index (χ3v) is 3.86. The standard InChI is InChI=1S/C16H14N4O2S/c1-10-9-18-16(23-10)20-15(21)14-8-11(22-2)7-13(19-14)12-5-3-4-6-17-12/h3-9H,1-2H3,(H,18,20,21). The number of hydrogen-bond donors (Lipinski definition) is 1. The number of nitrogens with zero attached hydrogens (tertiary/aromatic N) is 3. The molecule has 6 nitrogen and oxygen atoms in total. The Morgan fingerprint density at radius 1 is 1.22 bits per heavy atom. The van der Waals surface area contributed by atoms with Crippen LogP contribution in [-0.4, -0.2) is 28.0 Å². The lowest BCUT2D eigenvalue weighted by Gasteiger charge is -2.07. The van der Waals surface area contributed by atoms with Crippen LogP contribution in [0.15, 0.2) is 42.7 Å². The lowest BCUT2D eigenvalue weighted by molar-refractivity contribution is 0.102. The van der Waals surface area contributed by atoms with Crippen molar-refractivity contribution < 1.29 is 9.53 Å². The molecule has 3 rings (SSSR count). The summed E-state index contributed by atoms with van der Waals surface area (Å²) in [6.45, 7) is 1.93. The Kier molecular flexibility index (Phi) is 4.29. The fourth-order valence-corrected chi connectivity index (χ4v) is 2.62. The van der Waals surface area contributed by atoms with Gasteiger partial charge in [0.2, 0.25) is 0 Å². The molecule has 0 aliphatic carbocycles. The molecule has 0 saturated heterocycles. The maximum Gasteiger partial charge on any atom is 0.276 e. The quantitative estimate of drug-likeness (QED) is 0.797. The van der Waals surface area contributed by atoms with Gasteiger partial charge in [-0.2, -0.15) is 0 Å². The molecule has 0 fully saturated rings. The van der Waals surface area contributed by atoms with E-state index in [-0.39, 0.29) is 11.6 Å². The Morgan fingerprint density at radius 2 is 2.09 bits per heavy atom. The Hall–Kier alpha value is -2.80. The molecule has 0 spiro atoms. The van der Waals surface area contributed by atoms with E-state index in [0.29, 0.717) is 22.3 Å². The second-order valence-corrected chi connectivity index (χ2v) is 5.96. The highest BCUT2D eigenvalue weighted by Crippen LogP contribution is 2.23. The van der Waals surface area contributed by atoms with Crippen LogP contribution in [0.1, 0.15) is 15.4 Å². The zero-order valence-corrected chi connectivity index (χ0v) is 13.4. The van der Waals surface area contributed by atoms with E-state index in [2.05, 4.69) is 20.3 Å². The van der Waals surface area contributed by atoms with Crippen molar-refractivity contribution in [2.75, 3.05) is 12.4 Å². The fourth-order valence-electron chi connectivity index (χ4n) is 1.96. The maximum absolute atomic E-state index is 12.4. The number of carbonyl (C=O) groups is 1. The summed E-state index contributed by atoms with van der Waals surface area (Å²) < 4.78 is 5.26. The number of aromatic nitrogens is 3. The number of ether oxygens (including phenoxy) is 1. The van der Waals surface area contributed by atoms with Crippen molar-refractivity contribution in [3.05, 3.63) is 53.3 Å². The van der Waals surface area contributed by atoms with Crippen LogP contribution in [0, 0.1) is 6.92 Å². The fraction of sp³-hybridized carbons (Fsp3) is 0.125. The Bertz CT molecular complexity index is 833. The van der Waals surface area contributed by atoms with E-state index in [1.807, 2.05) is 25.1 Å². The number of aryl methyl sites for hydroxylation is 1. The summed E-state index contributed by atoms with van der Waals surface area (Å²) in [4.78, 5) is 26.2. The van der Waals surface area contributed by atoms with E-state index in [0.717, 1.165) is 4.88 Å². The summed E-state index contributed by atoms with van der Waals surface area (Å²) in [5.74, 6) is 0.205. The van der Waals surface area contributed by atoms with Crippen molar-refractivity contribution in [3.8, 4) is 17.1 Å². The maximum atomic E-state index is 12.4. The van der Waals surface area contributed by atoms with Crippen LogP contribution in [0.2, 0.25) is 0 Å². The monoisotopic (exact) mass is 326 g/mol. The summed E-state index contributed by atoms with van der Waals surface area (Å²) in [7, 11) is 1.55. The summed E-state index contributed by atoms with van der Waals surface area (Å²) in [5.41, 5.74) is 1.49. The molecular weight excluding hydrogens is 312 g/mol. The molecule has 0 radical (unpaired) electrons. The minimum absolute atomic E-state index is 0.248. The van der Waals surface area contributed by atoms with Gasteiger partial charge < -0.3 is 4.74 Å². The number of anilines is 1. The van der Waals surface area contributed by atoms with Gasteiger partial charge in [-0.25, -0.2) is 9.97 Å². The molecule has 0 saturated carbocycles. The topological polar surface area (TPSA) is 77.0 Å². The smallest absolute Gasteiger partial charge is 0.276 e. The molecule has 0 aliphatic rings. The molecule has 116 valence electrons. The number of nitrogens with one attached hydrogen (secondary N) is 1. The number of amides is 1. The highest BCUT2D eigenvalue weighted by molar-refractivity contribution is 7.15. The highest BCUT2D eigenvalue weighted by Gasteiger charge is 2.14. The Balaban J connectivity index is 1.93. The molecule has 0 bridgehead atoms. The van der Waals surface area contributed by atoms with E-state index in [9.17, 15) is 4.79 Å². The molecule has 0 unspecified atom stereocenters. The van der Waals surface area contributed by atoms with Crippen LogP contribution in [0.3, 0.4) is 0 Å². The van der Waals surface area contributed by atoms with Gasteiger partial charge in [0.25, 0.3) is 5.91 Å². The molecule has 3 aromatic rings. The molecule has 3 heterocycles. The Labute approximate surface area is 137 Å².